The summed E-state index contributed by atoms with van der Waals surface area (Å²) in [7, 11) is 1.32. The smallest absolute Gasteiger partial charge is 0.496 e. The molecule has 0 N–H and O–H groups in total. The highest BCUT2D eigenvalue weighted by atomic mass is 16.7. The fraction of sp³-hybridized carbons (Fsp3) is 0.542. The molecule has 0 unspecified atom stereocenters. The van der Waals surface area contributed by atoms with Crippen LogP contribution in [0.1, 0.15) is 70.7 Å². The predicted molar refractivity (Wildman–Crippen MR) is 120 cm³/mol. The second-order valence-electron chi connectivity index (χ2n) is 9.48. The largest absolute Gasteiger partial charge is 0.497 e. The van der Waals surface area contributed by atoms with E-state index in [1.165, 1.54) is 17.5 Å². The summed E-state index contributed by atoms with van der Waals surface area (Å²) in [6.45, 7) is 11.7. The maximum absolute atomic E-state index is 6.25. The first kappa shape index (κ1) is 21.4. The number of nitrogens with zero attached hydrogens (tertiary/aromatic N) is 2. The molecule has 4 rings (SSSR count). The van der Waals surface area contributed by atoms with Gasteiger partial charge in [-0.25, -0.2) is 0 Å². The molecule has 2 aliphatic heterocycles. The number of methoxy groups -OCH3 is 1. The molecule has 0 radical (unpaired) electrons. The summed E-state index contributed by atoms with van der Waals surface area (Å²) in [6.07, 6.45) is 6.19. The van der Waals surface area contributed by atoms with Crippen molar-refractivity contribution in [3.63, 3.8) is 0 Å². The first-order chi connectivity index (χ1) is 14.2. The van der Waals surface area contributed by atoms with E-state index in [-0.39, 0.29) is 18.3 Å². The molecule has 160 valence electrons. The Morgan fingerprint density at radius 1 is 1.10 bits per heavy atom. The molecule has 3 heterocycles. The molecule has 1 aromatic carbocycles. The molecule has 2 atom stereocenters. The van der Waals surface area contributed by atoms with Gasteiger partial charge >= 0.3 is 7.12 Å². The lowest BCUT2D eigenvalue weighted by Gasteiger charge is -2.32. The van der Waals surface area contributed by atoms with Gasteiger partial charge in [0.2, 0.25) is 0 Å². The number of rotatable bonds is 5. The normalized spacial score (nSPS) is 24.2. The Morgan fingerprint density at radius 3 is 2.40 bits per heavy atom. The molecule has 2 aliphatic rings. The maximum Gasteiger partial charge on any atom is 0.496 e. The number of pyridine rings is 1. The van der Waals surface area contributed by atoms with Gasteiger partial charge in [-0.1, -0.05) is 18.2 Å². The summed E-state index contributed by atoms with van der Waals surface area (Å²) >= 11 is 0. The highest BCUT2D eigenvalue weighted by Gasteiger charge is 2.52. The van der Waals surface area contributed by atoms with Crippen molar-refractivity contribution in [3.8, 4) is 5.75 Å². The van der Waals surface area contributed by atoms with Crippen LogP contribution in [0, 0.1) is 0 Å². The van der Waals surface area contributed by atoms with Crippen LogP contribution in [-0.2, 0) is 9.31 Å². The molecule has 1 aromatic heterocycles. The van der Waals surface area contributed by atoms with E-state index >= 15 is 0 Å². The number of ether oxygens (including phenoxy) is 1. The number of aromatic nitrogens is 1. The van der Waals surface area contributed by atoms with E-state index in [1.54, 1.807) is 7.11 Å². The second-order valence-corrected chi connectivity index (χ2v) is 9.48. The third-order valence-corrected chi connectivity index (χ3v) is 7.08. The lowest BCUT2D eigenvalue weighted by atomic mass is 9.79. The lowest BCUT2D eigenvalue weighted by molar-refractivity contribution is 0.00578. The summed E-state index contributed by atoms with van der Waals surface area (Å²) in [5.74, 6) is 0.892. The first-order valence-corrected chi connectivity index (χ1v) is 10.9. The standard InChI is InChI=1S/C24H33BN2O3/c1-17(18-9-11-21(28-6)12-10-18)27-13-7-8-22(27)19-14-20(16-26-15-19)25-29-23(2,3)24(4,5)30-25/h9-12,14-17,22H,7-8,13H2,1-6H3/t17-,22+/m1/s1. The van der Waals surface area contributed by atoms with Crippen LogP contribution in [0.5, 0.6) is 5.75 Å². The van der Waals surface area contributed by atoms with E-state index < -0.39 is 0 Å². The summed E-state index contributed by atoms with van der Waals surface area (Å²) in [6, 6.07) is 11.3. The van der Waals surface area contributed by atoms with Crippen LogP contribution in [0.2, 0.25) is 0 Å². The topological polar surface area (TPSA) is 43.8 Å². The van der Waals surface area contributed by atoms with Gasteiger partial charge in [-0.05, 0) is 77.3 Å². The highest BCUT2D eigenvalue weighted by Crippen LogP contribution is 2.39. The van der Waals surface area contributed by atoms with Crippen molar-refractivity contribution in [2.45, 2.75) is 70.7 Å². The van der Waals surface area contributed by atoms with Crippen LogP contribution in [0.25, 0.3) is 0 Å². The van der Waals surface area contributed by atoms with Gasteiger partial charge in [0.15, 0.2) is 0 Å². The highest BCUT2D eigenvalue weighted by molar-refractivity contribution is 6.62. The summed E-state index contributed by atoms with van der Waals surface area (Å²) < 4.78 is 17.8. The molecule has 0 aliphatic carbocycles. The maximum atomic E-state index is 6.25. The number of likely N-dealkylation sites (tertiary alicyclic amines) is 1. The Hall–Kier alpha value is -1.89. The fourth-order valence-corrected chi connectivity index (χ4v) is 4.45. The minimum Gasteiger partial charge on any atom is -0.497 e. The minimum absolute atomic E-state index is 0.323. The van der Waals surface area contributed by atoms with Crippen molar-refractivity contribution in [1.29, 1.82) is 0 Å². The molecule has 30 heavy (non-hydrogen) atoms. The van der Waals surface area contributed by atoms with Crippen molar-refractivity contribution in [2.24, 2.45) is 0 Å². The van der Waals surface area contributed by atoms with Crippen LogP contribution in [0.3, 0.4) is 0 Å². The molecule has 0 amide bonds. The Morgan fingerprint density at radius 2 is 1.77 bits per heavy atom. The molecule has 5 nitrogen and oxygen atoms in total. The number of hydrogen-bond donors (Lipinski definition) is 0. The SMILES string of the molecule is COc1ccc([C@@H](C)N2CCC[C@H]2c2cncc(B3OC(C)(C)C(C)(C)O3)c2)cc1. The molecule has 2 aromatic rings. The second kappa shape index (κ2) is 7.99. The molecule has 2 saturated heterocycles. The van der Waals surface area contributed by atoms with E-state index in [9.17, 15) is 0 Å². The van der Waals surface area contributed by atoms with Crippen molar-refractivity contribution in [1.82, 2.24) is 9.88 Å². The lowest BCUT2D eigenvalue weighted by Crippen LogP contribution is -2.41. The quantitative estimate of drug-likeness (QED) is 0.691. The van der Waals surface area contributed by atoms with Crippen LogP contribution in [-0.4, -0.2) is 41.9 Å². The van der Waals surface area contributed by atoms with Crippen LogP contribution >= 0.6 is 0 Å². The van der Waals surface area contributed by atoms with Gasteiger partial charge in [0.05, 0.1) is 18.3 Å². The zero-order chi connectivity index (χ0) is 21.5. The summed E-state index contributed by atoms with van der Waals surface area (Å²) in [5, 5.41) is 0. The van der Waals surface area contributed by atoms with Crippen LogP contribution in [0.4, 0.5) is 0 Å². The molecule has 0 saturated carbocycles. The number of benzene rings is 1. The molecular formula is C24H33BN2O3. The average Bonchev–Trinajstić information content (AvgIpc) is 3.30. The van der Waals surface area contributed by atoms with Gasteiger partial charge in [-0.3, -0.25) is 9.88 Å². The molecule has 0 bridgehead atoms. The Bertz CT molecular complexity index is 868. The van der Waals surface area contributed by atoms with E-state index in [2.05, 4.69) is 62.7 Å². The van der Waals surface area contributed by atoms with Gasteiger partial charge in [0.25, 0.3) is 0 Å². The molecule has 6 heteroatoms. The van der Waals surface area contributed by atoms with E-state index in [0.717, 1.165) is 24.2 Å². The van der Waals surface area contributed by atoms with E-state index in [0.29, 0.717) is 12.1 Å². The third-order valence-electron chi connectivity index (χ3n) is 7.08. The van der Waals surface area contributed by atoms with Crippen molar-refractivity contribution < 1.29 is 14.0 Å². The predicted octanol–water partition coefficient (Wildman–Crippen LogP) is 4.29. The van der Waals surface area contributed by atoms with Crippen molar-refractivity contribution >= 4 is 12.6 Å². The Labute approximate surface area is 180 Å². The van der Waals surface area contributed by atoms with E-state index in [1.807, 2.05) is 24.5 Å². The van der Waals surface area contributed by atoms with Gasteiger partial charge < -0.3 is 14.0 Å². The molecular weight excluding hydrogens is 375 g/mol. The van der Waals surface area contributed by atoms with Crippen LogP contribution in [0.15, 0.2) is 42.7 Å². The van der Waals surface area contributed by atoms with Gasteiger partial charge in [-0.2, -0.15) is 0 Å². The third kappa shape index (κ3) is 3.89. The zero-order valence-electron chi connectivity index (χ0n) is 19.0. The van der Waals surface area contributed by atoms with Crippen molar-refractivity contribution in [3.05, 3.63) is 53.9 Å². The molecule has 2 fully saturated rings. The Balaban J connectivity index is 1.55. The van der Waals surface area contributed by atoms with E-state index in [4.69, 9.17) is 14.0 Å². The Kier molecular flexibility index (Phi) is 5.68. The monoisotopic (exact) mass is 408 g/mol. The van der Waals surface area contributed by atoms with Gasteiger partial charge in [0, 0.05) is 29.9 Å². The van der Waals surface area contributed by atoms with Gasteiger partial charge in [0.1, 0.15) is 5.75 Å². The molecule has 0 spiro atoms. The summed E-state index contributed by atoms with van der Waals surface area (Å²) in [4.78, 5) is 7.13. The van der Waals surface area contributed by atoms with Gasteiger partial charge in [-0.15, -0.1) is 0 Å². The van der Waals surface area contributed by atoms with Crippen molar-refractivity contribution in [2.75, 3.05) is 13.7 Å². The minimum atomic E-state index is -0.378. The zero-order valence-corrected chi connectivity index (χ0v) is 19.0. The fourth-order valence-electron chi connectivity index (χ4n) is 4.45. The van der Waals surface area contributed by atoms with Crippen LogP contribution < -0.4 is 10.2 Å². The average molecular weight is 408 g/mol. The first-order valence-electron chi connectivity index (χ1n) is 10.9. The number of hydrogen-bond acceptors (Lipinski definition) is 5. The summed E-state index contributed by atoms with van der Waals surface area (Å²) in [5.41, 5.74) is 2.83.